The van der Waals surface area contributed by atoms with Gasteiger partial charge in [0, 0.05) is 36.7 Å². The van der Waals surface area contributed by atoms with Gasteiger partial charge in [0.15, 0.2) is 0 Å². The number of nitrogens with zero attached hydrogens (tertiary/aromatic N) is 4. The van der Waals surface area contributed by atoms with Crippen LogP contribution in [0.2, 0.25) is 0 Å². The van der Waals surface area contributed by atoms with E-state index in [1.54, 1.807) is 16.7 Å². The van der Waals surface area contributed by atoms with E-state index in [0.29, 0.717) is 43.4 Å². The van der Waals surface area contributed by atoms with Crippen LogP contribution in [0.3, 0.4) is 0 Å². The van der Waals surface area contributed by atoms with Gasteiger partial charge in [-0.1, -0.05) is 62.7 Å². The summed E-state index contributed by atoms with van der Waals surface area (Å²) in [6.45, 7) is 10.2. The second-order valence-corrected chi connectivity index (χ2v) is 11.6. The number of methoxy groups -OCH3 is 1. The molecule has 9 nitrogen and oxygen atoms in total. The molecule has 2 heterocycles. The third-order valence-electron chi connectivity index (χ3n) is 7.28. The average Bonchev–Trinajstić information content (AvgIpc) is 3.40. The lowest BCUT2D eigenvalue weighted by molar-refractivity contribution is -0.121. The van der Waals surface area contributed by atoms with Crippen molar-refractivity contribution in [2.24, 2.45) is 0 Å². The summed E-state index contributed by atoms with van der Waals surface area (Å²) in [5.74, 6) is 1.36. The van der Waals surface area contributed by atoms with Gasteiger partial charge in [0.1, 0.15) is 11.6 Å². The van der Waals surface area contributed by atoms with E-state index in [0.717, 1.165) is 28.2 Å². The Labute approximate surface area is 247 Å². The second-order valence-electron chi connectivity index (χ2n) is 11.6. The molecular weight excluding hydrogens is 528 g/mol. The molecule has 1 fully saturated rings. The SMILES string of the molecule is COc1ccccc1N1CN(Cc2ccc(NC(=O)Nc3cc(C(C)(C)C)nn3-c3ccc(C)cc3)cc2)CCC1=O. The van der Waals surface area contributed by atoms with Gasteiger partial charge in [0.05, 0.1) is 30.8 Å². The minimum Gasteiger partial charge on any atom is -0.495 e. The minimum absolute atomic E-state index is 0.0830. The van der Waals surface area contributed by atoms with Gasteiger partial charge in [-0.25, -0.2) is 9.48 Å². The molecule has 3 amide bonds. The van der Waals surface area contributed by atoms with Crippen molar-refractivity contribution in [1.82, 2.24) is 14.7 Å². The lowest BCUT2D eigenvalue weighted by atomic mass is 9.92. The molecule has 0 atom stereocenters. The van der Waals surface area contributed by atoms with Crippen molar-refractivity contribution in [3.8, 4) is 11.4 Å². The predicted octanol–water partition coefficient (Wildman–Crippen LogP) is 6.33. The molecule has 0 aliphatic carbocycles. The first kappa shape index (κ1) is 28.9. The molecule has 1 saturated heterocycles. The van der Waals surface area contributed by atoms with Crippen LogP contribution in [0.25, 0.3) is 5.69 Å². The minimum atomic E-state index is -0.349. The molecule has 0 bridgehead atoms. The van der Waals surface area contributed by atoms with Gasteiger partial charge < -0.3 is 10.1 Å². The summed E-state index contributed by atoms with van der Waals surface area (Å²) in [5.41, 5.74) is 5.27. The molecule has 0 unspecified atom stereocenters. The maximum Gasteiger partial charge on any atom is 0.324 e. The number of aromatic nitrogens is 2. The third kappa shape index (κ3) is 6.63. The van der Waals surface area contributed by atoms with Crippen LogP contribution in [0.5, 0.6) is 5.75 Å². The van der Waals surface area contributed by atoms with E-state index in [2.05, 4.69) is 36.3 Å². The number of ether oxygens (including phenoxy) is 1. The Balaban J connectivity index is 1.23. The molecular formula is C33H38N6O3. The lowest BCUT2D eigenvalue weighted by Gasteiger charge is -2.36. The zero-order chi connectivity index (χ0) is 29.9. The maximum atomic E-state index is 13.0. The van der Waals surface area contributed by atoms with E-state index < -0.39 is 0 Å². The van der Waals surface area contributed by atoms with Gasteiger partial charge in [-0.3, -0.25) is 19.9 Å². The number of carbonyl (C=O) groups is 2. The quantitative estimate of drug-likeness (QED) is 0.273. The van der Waals surface area contributed by atoms with E-state index in [1.807, 2.05) is 85.8 Å². The summed E-state index contributed by atoms with van der Waals surface area (Å²) in [5, 5.41) is 10.7. The average molecular weight is 567 g/mol. The maximum absolute atomic E-state index is 13.0. The number of para-hydroxylation sites is 2. The summed E-state index contributed by atoms with van der Waals surface area (Å²) in [4.78, 5) is 29.7. The van der Waals surface area contributed by atoms with Crippen LogP contribution in [0.4, 0.5) is 22.0 Å². The first-order valence-electron chi connectivity index (χ1n) is 14.1. The molecule has 2 N–H and O–H groups in total. The van der Waals surface area contributed by atoms with Crippen LogP contribution in [-0.4, -0.2) is 46.9 Å². The van der Waals surface area contributed by atoms with Crippen molar-refractivity contribution in [3.05, 3.63) is 95.7 Å². The summed E-state index contributed by atoms with van der Waals surface area (Å²) < 4.78 is 7.24. The molecule has 0 spiro atoms. The predicted molar refractivity (Wildman–Crippen MR) is 166 cm³/mol. The summed E-state index contributed by atoms with van der Waals surface area (Å²) in [6, 6.07) is 24.9. The van der Waals surface area contributed by atoms with Crippen molar-refractivity contribution in [2.45, 2.75) is 46.1 Å². The Morgan fingerprint density at radius 3 is 2.38 bits per heavy atom. The molecule has 4 aromatic rings. The topological polar surface area (TPSA) is 91.7 Å². The Bertz CT molecular complexity index is 1550. The monoisotopic (exact) mass is 566 g/mol. The Kier molecular flexibility index (Phi) is 8.31. The van der Waals surface area contributed by atoms with Crippen molar-refractivity contribution >= 4 is 29.1 Å². The second kappa shape index (κ2) is 12.1. The third-order valence-corrected chi connectivity index (χ3v) is 7.28. The molecule has 0 radical (unpaired) electrons. The van der Waals surface area contributed by atoms with Crippen LogP contribution < -0.4 is 20.3 Å². The number of benzene rings is 3. The standard InChI is InChI=1S/C33H38N6O3/c1-23-10-16-26(17-11-23)39-30(20-29(36-39)33(2,3)4)35-32(41)34-25-14-12-24(13-15-25)21-37-19-18-31(40)38(22-37)27-8-6-7-9-28(27)42-5/h6-17,20H,18-19,21-22H2,1-5H3,(H2,34,35,41). The number of hydrogen-bond donors (Lipinski definition) is 2. The highest BCUT2D eigenvalue weighted by Crippen LogP contribution is 2.30. The molecule has 1 aliphatic rings. The molecule has 9 heteroatoms. The molecule has 218 valence electrons. The van der Waals surface area contributed by atoms with Gasteiger partial charge >= 0.3 is 6.03 Å². The van der Waals surface area contributed by atoms with Crippen molar-refractivity contribution in [2.75, 3.05) is 35.9 Å². The number of aryl methyl sites for hydroxylation is 1. The smallest absolute Gasteiger partial charge is 0.324 e. The molecule has 1 aromatic heterocycles. The van der Waals surface area contributed by atoms with Crippen molar-refractivity contribution < 1.29 is 14.3 Å². The van der Waals surface area contributed by atoms with E-state index in [-0.39, 0.29) is 17.4 Å². The van der Waals surface area contributed by atoms with Gasteiger partial charge in [-0.2, -0.15) is 5.10 Å². The fraction of sp³-hybridized carbons (Fsp3) is 0.303. The van der Waals surface area contributed by atoms with Gasteiger partial charge in [-0.05, 0) is 48.9 Å². The van der Waals surface area contributed by atoms with Crippen molar-refractivity contribution in [1.29, 1.82) is 0 Å². The van der Waals surface area contributed by atoms with Crippen molar-refractivity contribution in [3.63, 3.8) is 0 Å². The van der Waals surface area contributed by atoms with E-state index >= 15 is 0 Å². The number of nitrogens with one attached hydrogen (secondary N) is 2. The highest BCUT2D eigenvalue weighted by Gasteiger charge is 2.27. The molecule has 3 aromatic carbocycles. The number of rotatable bonds is 7. The van der Waals surface area contributed by atoms with Crippen LogP contribution in [0, 0.1) is 6.92 Å². The molecule has 42 heavy (non-hydrogen) atoms. The normalized spacial score (nSPS) is 14.1. The first-order valence-corrected chi connectivity index (χ1v) is 14.1. The zero-order valence-electron chi connectivity index (χ0n) is 24.8. The van der Waals surface area contributed by atoms with E-state index in [9.17, 15) is 9.59 Å². The summed E-state index contributed by atoms with van der Waals surface area (Å²) in [6.07, 6.45) is 0.438. The highest BCUT2D eigenvalue weighted by molar-refractivity contribution is 5.99. The van der Waals surface area contributed by atoms with Gasteiger partial charge in [-0.15, -0.1) is 0 Å². The first-order chi connectivity index (χ1) is 20.1. The molecule has 1 aliphatic heterocycles. The lowest BCUT2D eigenvalue weighted by Crippen LogP contribution is -2.48. The van der Waals surface area contributed by atoms with Crippen LogP contribution in [0.1, 0.15) is 44.0 Å². The highest BCUT2D eigenvalue weighted by atomic mass is 16.5. The van der Waals surface area contributed by atoms with Crippen LogP contribution in [0.15, 0.2) is 78.9 Å². The van der Waals surface area contributed by atoms with E-state index in [1.165, 1.54) is 0 Å². The van der Waals surface area contributed by atoms with Gasteiger partial charge in [0.25, 0.3) is 0 Å². The Morgan fingerprint density at radius 1 is 0.976 bits per heavy atom. The number of hydrogen-bond acceptors (Lipinski definition) is 5. The molecule has 5 rings (SSSR count). The summed E-state index contributed by atoms with van der Waals surface area (Å²) in [7, 11) is 1.61. The van der Waals surface area contributed by atoms with Crippen LogP contribution >= 0.6 is 0 Å². The number of urea groups is 1. The largest absolute Gasteiger partial charge is 0.495 e. The fourth-order valence-electron chi connectivity index (χ4n) is 4.88. The Hall–Kier alpha value is -4.63. The number of anilines is 3. The number of carbonyl (C=O) groups excluding carboxylic acids is 2. The molecule has 0 saturated carbocycles. The fourth-order valence-corrected chi connectivity index (χ4v) is 4.88. The summed E-state index contributed by atoms with van der Waals surface area (Å²) >= 11 is 0. The Morgan fingerprint density at radius 2 is 1.69 bits per heavy atom. The van der Waals surface area contributed by atoms with E-state index in [4.69, 9.17) is 9.84 Å². The van der Waals surface area contributed by atoms with Gasteiger partial charge in [0.2, 0.25) is 5.91 Å². The zero-order valence-corrected chi connectivity index (χ0v) is 24.8. The van der Waals surface area contributed by atoms with Crippen LogP contribution in [-0.2, 0) is 16.8 Å². The number of amides is 3.